The zero-order valence-electron chi connectivity index (χ0n) is 12.1. The van der Waals surface area contributed by atoms with E-state index in [1.54, 1.807) is 13.1 Å². The molecule has 1 unspecified atom stereocenters. The molecule has 0 saturated carbocycles. The lowest BCUT2D eigenvalue weighted by Gasteiger charge is -2.18. The van der Waals surface area contributed by atoms with Gasteiger partial charge >= 0.3 is 0 Å². The van der Waals surface area contributed by atoms with Gasteiger partial charge in [-0.25, -0.2) is 0 Å². The third-order valence-electron chi connectivity index (χ3n) is 3.02. The number of carbonyl (C=O) groups is 1. The van der Waals surface area contributed by atoms with E-state index in [9.17, 15) is 4.79 Å². The van der Waals surface area contributed by atoms with Gasteiger partial charge in [-0.1, -0.05) is 33.1 Å². The molecule has 5 nitrogen and oxygen atoms in total. The molecule has 0 saturated heterocycles. The number of carbonyl (C=O) groups excluding carboxylic acids is 1. The van der Waals surface area contributed by atoms with Gasteiger partial charge in [0.15, 0.2) is 5.69 Å². The molecular weight excluding hydrogens is 240 g/mol. The molecule has 0 aliphatic rings. The van der Waals surface area contributed by atoms with Gasteiger partial charge in [-0.15, -0.1) is 10.2 Å². The summed E-state index contributed by atoms with van der Waals surface area (Å²) in [6, 6.07) is 3.94. The van der Waals surface area contributed by atoms with Crippen LogP contribution in [0.3, 0.4) is 0 Å². The number of rotatable bonds is 8. The second kappa shape index (κ2) is 8.45. The minimum atomic E-state index is -0.213. The molecule has 1 amide bonds. The highest BCUT2D eigenvalue weighted by atomic mass is 16.1. The summed E-state index contributed by atoms with van der Waals surface area (Å²) in [6.45, 7) is 4.38. The van der Waals surface area contributed by atoms with Crippen LogP contribution in [0.15, 0.2) is 12.1 Å². The Balaban J connectivity index is 2.60. The van der Waals surface area contributed by atoms with Crippen molar-refractivity contribution >= 4 is 11.7 Å². The average molecular weight is 264 g/mol. The van der Waals surface area contributed by atoms with Crippen molar-refractivity contribution in [2.24, 2.45) is 0 Å². The fraction of sp³-hybridized carbons (Fsp3) is 0.643. The molecule has 0 aromatic carbocycles. The van der Waals surface area contributed by atoms with Crippen molar-refractivity contribution in [3.05, 3.63) is 17.8 Å². The highest BCUT2D eigenvalue weighted by Gasteiger charge is 2.09. The molecule has 106 valence electrons. The van der Waals surface area contributed by atoms with Gasteiger partial charge in [-0.3, -0.25) is 4.79 Å². The van der Waals surface area contributed by atoms with Crippen molar-refractivity contribution in [2.75, 3.05) is 12.4 Å². The lowest BCUT2D eigenvalue weighted by atomic mass is 10.1. The number of unbranched alkanes of at least 4 members (excludes halogenated alkanes) is 1. The van der Waals surface area contributed by atoms with E-state index >= 15 is 0 Å². The zero-order valence-corrected chi connectivity index (χ0v) is 12.1. The maximum atomic E-state index is 11.4. The van der Waals surface area contributed by atoms with Crippen molar-refractivity contribution in [3.8, 4) is 0 Å². The van der Waals surface area contributed by atoms with Gasteiger partial charge in [0, 0.05) is 13.1 Å². The highest BCUT2D eigenvalue weighted by molar-refractivity contribution is 5.91. The second-order valence-electron chi connectivity index (χ2n) is 4.66. The van der Waals surface area contributed by atoms with E-state index in [1.165, 1.54) is 12.8 Å². The van der Waals surface area contributed by atoms with E-state index in [0.717, 1.165) is 25.1 Å². The van der Waals surface area contributed by atoms with Crippen LogP contribution in [0.2, 0.25) is 0 Å². The summed E-state index contributed by atoms with van der Waals surface area (Å²) in [5.41, 5.74) is 0.341. The van der Waals surface area contributed by atoms with Gasteiger partial charge in [0.25, 0.3) is 5.91 Å². The van der Waals surface area contributed by atoms with Gasteiger partial charge in [0.2, 0.25) is 0 Å². The Labute approximate surface area is 115 Å². The van der Waals surface area contributed by atoms with Crippen molar-refractivity contribution in [1.82, 2.24) is 15.5 Å². The topological polar surface area (TPSA) is 66.9 Å². The molecule has 2 N–H and O–H groups in total. The quantitative estimate of drug-likeness (QED) is 0.757. The van der Waals surface area contributed by atoms with Crippen LogP contribution in [0.1, 0.15) is 56.4 Å². The largest absolute Gasteiger partial charge is 0.366 e. The molecule has 5 heteroatoms. The highest BCUT2D eigenvalue weighted by Crippen LogP contribution is 2.13. The summed E-state index contributed by atoms with van der Waals surface area (Å²) in [5, 5.41) is 13.9. The van der Waals surface area contributed by atoms with Crippen LogP contribution in [-0.2, 0) is 0 Å². The maximum Gasteiger partial charge on any atom is 0.271 e. The Morgan fingerprint density at radius 1 is 1.21 bits per heavy atom. The van der Waals surface area contributed by atoms with Crippen LogP contribution in [0.25, 0.3) is 0 Å². The normalized spacial score (nSPS) is 11.9. The summed E-state index contributed by atoms with van der Waals surface area (Å²) < 4.78 is 0. The molecule has 1 rings (SSSR count). The van der Waals surface area contributed by atoms with Crippen molar-refractivity contribution in [2.45, 2.75) is 52.0 Å². The Kier molecular flexibility index (Phi) is 6.85. The van der Waals surface area contributed by atoms with Crippen molar-refractivity contribution in [1.29, 1.82) is 0 Å². The summed E-state index contributed by atoms with van der Waals surface area (Å²) in [7, 11) is 1.58. The number of nitrogens with zero attached hydrogens (tertiary/aromatic N) is 2. The maximum absolute atomic E-state index is 11.4. The molecule has 0 fully saturated rings. The first-order valence-electron chi connectivity index (χ1n) is 7.03. The predicted octanol–water partition coefficient (Wildman–Crippen LogP) is 2.61. The van der Waals surface area contributed by atoms with Gasteiger partial charge < -0.3 is 10.6 Å². The molecule has 1 heterocycles. The Morgan fingerprint density at radius 2 is 2.00 bits per heavy atom. The molecule has 0 spiro atoms. The fourth-order valence-corrected chi connectivity index (χ4v) is 1.96. The summed E-state index contributed by atoms with van der Waals surface area (Å²) >= 11 is 0. The molecule has 1 aromatic heterocycles. The van der Waals surface area contributed by atoms with Crippen LogP contribution in [0, 0.1) is 0 Å². The van der Waals surface area contributed by atoms with E-state index in [-0.39, 0.29) is 5.91 Å². The Bertz CT molecular complexity index is 378. The SMILES string of the molecule is CCCCC(CCC)Nc1ccc(C(=O)NC)nn1. The van der Waals surface area contributed by atoms with Gasteiger partial charge in [-0.2, -0.15) is 0 Å². The first-order chi connectivity index (χ1) is 9.21. The van der Waals surface area contributed by atoms with E-state index in [0.29, 0.717) is 11.7 Å². The lowest BCUT2D eigenvalue weighted by molar-refractivity contribution is 0.0957. The summed E-state index contributed by atoms with van der Waals surface area (Å²) in [4.78, 5) is 11.4. The number of hydrogen-bond acceptors (Lipinski definition) is 4. The molecule has 1 aromatic rings. The molecule has 19 heavy (non-hydrogen) atoms. The number of anilines is 1. The van der Waals surface area contributed by atoms with Crippen molar-refractivity contribution < 1.29 is 4.79 Å². The van der Waals surface area contributed by atoms with Gasteiger partial charge in [-0.05, 0) is 25.0 Å². The lowest BCUT2D eigenvalue weighted by Crippen LogP contribution is -2.22. The minimum absolute atomic E-state index is 0.213. The average Bonchev–Trinajstić information content (AvgIpc) is 2.45. The Morgan fingerprint density at radius 3 is 2.53 bits per heavy atom. The van der Waals surface area contributed by atoms with E-state index < -0.39 is 0 Å². The fourth-order valence-electron chi connectivity index (χ4n) is 1.96. The third kappa shape index (κ3) is 5.24. The summed E-state index contributed by atoms with van der Waals surface area (Å²) in [5.74, 6) is 0.525. The van der Waals surface area contributed by atoms with E-state index in [1.807, 2.05) is 6.07 Å². The molecule has 0 radical (unpaired) electrons. The van der Waals surface area contributed by atoms with Crippen LogP contribution in [0.4, 0.5) is 5.82 Å². The Hall–Kier alpha value is -1.65. The van der Waals surface area contributed by atoms with Crippen LogP contribution in [-0.4, -0.2) is 29.2 Å². The minimum Gasteiger partial charge on any atom is -0.366 e. The van der Waals surface area contributed by atoms with Crippen LogP contribution in [0.5, 0.6) is 0 Å². The molecule has 0 aliphatic carbocycles. The predicted molar refractivity (Wildman–Crippen MR) is 77.3 cm³/mol. The molecule has 0 aliphatic heterocycles. The van der Waals surface area contributed by atoms with Crippen LogP contribution >= 0.6 is 0 Å². The molecule has 1 atom stereocenters. The number of hydrogen-bond donors (Lipinski definition) is 2. The number of aromatic nitrogens is 2. The monoisotopic (exact) mass is 264 g/mol. The molecular formula is C14H24N4O. The van der Waals surface area contributed by atoms with Gasteiger partial charge in [0.05, 0.1) is 0 Å². The van der Waals surface area contributed by atoms with E-state index in [4.69, 9.17) is 0 Å². The zero-order chi connectivity index (χ0) is 14.1. The van der Waals surface area contributed by atoms with E-state index in [2.05, 4.69) is 34.7 Å². The standard InChI is InChI=1S/C14H24N4O/c1-4-6-8-11(7-5-2)16-13-10-9-12(17-18-13)14(19)15-3/h9-11H,4-8H2,1-3H3,(H,15,19)(H,16,18). The smallest absolute Gasteiger partial charge is 0.271 e. The number of amides is 1. The van der Waals surface area contributed by atoms with Gasteiger partial charge in [0.1, 0.15) is 5.82 Å². The first-order valence-corrected chi connectivity index (χ1v) is 7.03. The first kappa shape index (κ1) is 15.4. The number of nitrogens with one attached hydrogen (secondary N) is 2. The second-order valence-corrected chi connectivity index (χ2v) is 4.66. The summed E-state index contributed by atoms with van der Waals surface area (Å²) in [6.07, 6.45) is 5.82. The van der Waals surface area contributed by atoms with Crippen LogP contribution < -0.4 is 10.6 Å². The van der Waals surface area contributed by atoms with Crippen molar-refractivity contribution in [3.63, 3.8) is 0 Å². The molecule has 0 bridgehead atoms. The third-order valence-corrected chi connectivity index (χ3v) is 3.02.